The van der Waals surface area contributed by atoms with Crippen molar-refractivity contribution in [2.45, 2.75) is 6.92 Å². The topological polar surface area (TPSA) is 12.5 Å². The summed E-state index contributed by atoms with van der Waals surface area (Å²) in [6.45, 7) is 4.86. The number of hydrogen-bond acceptors (Lipinski definition) is 2. The molecule has 0 bridgehead atoms. The van der Waals surface area contributed by atoms with Gasteiger partial charge < -0.3 is 9.64 Å². The summed E-state index contributed by atoms with van der Waals surface area (Å²) in [5, 5.41) is 0. The second kappa shape index (κ2) is 6.78. The maximum atomic E-state index is 4.93. The Hall–Kier alpha value is -0.340. The van der Waals surface area contributed by atoms with Crippen LogP contribution in [0.1, 0.15) is 6.92 Å². The molecule has 60 valence electrons. The Kier molecular flexibility index (Phi) is 6.55. The second-order valence-electron chi connectivity index (χ2n) is 2.32. The van der Waals surface area contributed by atoms with Gasteiger partial charge in [-0.3, -0.25) is 0 Å². The van der Waals surface area contributed by atoms with Crippen LogP contribution in [0.2, 0.25) is 0 Å². The lowest BCUT2D eigenvalue weighted by Gasteiger charge is -2.12. The van der Waals surface area contributed by atoms with E-state index >= 15 is 0 Å². The van der Waals surface area contributed by atoms with Crippen molar-refractivity contribution in [3.63, 3.8) is 0 Å². The Balaban J connectivity index is 3.16. The molecule has 0 radical (unpaired) electrons. The van der Waals surface area contributed by atoms with Crippen LogP contribution in [0.25, 0.3) is 0 Å². The average molecular weight is 143 g/mol. The molecular weight excluding hydrogens is 126 g/mol. The number of allylic oxidation sites excluding steroid dienone is 1. The molecule has 0 N–H and O–H groups in total. The van der Waals surface area contributed by atoms with Gasteiger partial charge in [0, 0.05) is 20.2 Å². The van der Waals surface area contributed by atoms with Crippen molar-refractivity contribution in [1.82, 2.24) is 4.90 Å². The molecule has 0 unspecified atom stereocenters. The maximum absolute atomic E-state index is 4.93. The number of ether oxygens (including phenoxy) is 1. The molecule has 0 aliphatic heterocycles. The van der Waals surface area contributed by atoms with Crippen molar-refractivity contribution >= 4 is 0 Å². The fourth-order valence-electron chi connectivity index (χ4n) is 0.624. The zero-order valence-corrected chi connectivity index (χ0v) is 7.13. The Morgan fingerprint density at radius 1 is 1.50 bits per heavy atom. The summed E-state index contributed by atoms with van der Waals surface area (Å²) in [5.41, 5.74) is 0. The molecule has 0 aliphatic rings. The molecular formula is C8H17NO. The van der Waals surface area contributed by atoms with Crippen molar-refractivity contribution in [3.05, 3.63) is 12.2 Å². The van der Waals surface area contributed by atoms with E-state index in [1.54, 1.807) is 7.11 Å². The van der Waals surface area contributed by atoms with Gasteiger partial charge in [-0.25, -0.2) is 0 Å². The van der Waals surface area contributed by atoms with Crippen LogP contribution >= 0.6 is 0 Å². The monoisotopic (exact) mass is 143 g/mol. The average Bonchev–Trinajstić information content (AvgIpc) is 1.97. The lowest BCUT2D eigenvalue weighted by atomic mass is 10.4. The van der Waals surface area contributed by atoms with Gasteiger partial charge in [-0.1, -0.05) is 12.2 Å². The second-order valence-corrected chi connectivity index (χ2v) is 2.32. The van der Waals surface area contributed by atoms with E-state index in [1.165, 1.54) is 0 Å². The minimum Gasteiger partial charge on any atom is -0.383 e. The van der Waals surface area contributed by atoms with Crippen molar-refractivity contribution < 1.29 is 4.74 Å². The van der Waals surface area contributed by atoms with Crippen LogP contribution in [0.4, 0.5) is 0 Å². The van der Waals surface area contributed by atoms with Crippen LogP contribution in [0.15, 0.2) is 12.2 Å². The number of nitrogens with zero attached hydrogens (tertiary/aromatic N) is 1. The smallest absolute Gasteiger partial charge is 0.0589 e. The van der Waals surface area contributed by atoms with E-state index in [0.717, 1.165) is 19.7 Å². The Labute approximate surface area is 63.5 Å². The van der Waals surface area contributed by atoms with Crippen molar-refractivity contribution in [2.24, 2.45) is 0 Å². The van der Waals surface area contributed by atoms with Gasteiger partial charge in [-0.15, -0.1) is 0 Å². The fraction of sp³-hybridized carbons (Fsp3) is 0.750. The summed E-state index contributed by atoms with van der Waals surface area (Å²) in [7, 11) is 3.81. The minimum absolute atomic E-state index is 0.814. The first kappa shape index (κ1) is 9.66. The summed E-state index contributed by atoms with van der Waals surface area (Å²) in [6.07, 6.45) is 4.19. The van der Waals surface area contributed by atoms with E-state index in [1.807, 2.05) is 6.92 Å². The van der Waals surface area contributed by atoms with Crippen LogP contribution in [0, 0.1) is 0 Å². The van der Waals surface area contributed by atoms with E-state index < -0.39 is 0 Å². The largest absolute Gasteiger partial charge is 0.383 e. The zero-order chi connectivity index (χ0) is 7.82. The molecule has 0 saturated heterocycles. The Morgan fingerprint density at radius 2 is 2.20 bits per heavy atom. The first-order chi connectivity index (χ1) is 4.81. The van der Waals surface area contributed by atoms with Gasteiger partial charge in [0.05, 0.1) is 6.61 Å². The summed E-state index contributed by atoms with van der Waals surface area (Å²) >= 11 is 0. The lowest BCUT2D eigenvalue weighted by molar-refractivity contribution is 0.166. The summed E-state index contributed by atoms with van der Waals surface area (Å²) in [4.78, 5) is 2.21. The SMILES string of the molecule is C/C=C/CN(C)CCOC. The number of hydrogen-bond donors (Lipinski definition) is 0. The normalized spacial score (nSPS) is 11.6. The molecule has 0 aromatic rings. The molecule has 0 amide bonds. The predicted molar refractivity (Wildman–Crippen MR) is 44.2 cm³/mol. The molecule has 0 aliphatic carbocycles. The highest BCUT2D eigenvalue weighted by molar-refractivity contribution is 4.79. The van der Waals surface area contributed by atoms with Gasteiger partial charge >= 0.3 is 0 Å². The molecule has 0 atom stereocenters. The van der Waals surface area contributed by atoms with E-state index in [-0.39, 0.29) is 0 Å². The van der Waals surface area contributed by atoms with E-state index in [0.29, 0.717) is 0 Å². The molecule has 0 aromatic carbocycles. The highest BCUT2D eigenvalue weighted by Gasteiger charge is 1.91. The van der Waals surface area contributed by atoms with Gasteiger partial charge in [0.2, 0.25) is 0 Å². The highest BCUT2D eigenvalue weighted by Crippen LogP contribution is 1.82. The van der Waals surface area contributed by atoms with Gasteiger partial charge in [0.25, 0.3) is 0 Å². The van der Waals surface area contributed by atoms with Crippen LogP contribution in [-0.4, -0.2) is 38.8 Å². The maximum Gasteiger partial charge on any atom is 0.0589 e. The third kappa shape index (κ3) is 5.79. The molecule has 0 aromatic heterocycles. The first-order valence-electron chi connectivity index (χ1n) is 3.60. The summed E-state index contributed by atoms with van der Waals surface area (Å²) < 4.78 is 4.93. The molecule has 2 nitrogen and oxygen atoms in total. The fourth-order valence-corrected chi connectivity index (χ4v) is 0.624. The molecule has 0 spiro atoms. The summed E-state index contributed by atoms with van der Waals surface area (Å²) in [5.74, 6) is 0. The zero-order valence-electron chi connectivity index (χ0n) is 7.13. The van der Waals surface area contributed by atoms with Crippen molar-refractivity contribution in [1.29, 1.82) is 0 Å². The van der Waals surface area contributed by atoms with Gasteiger partial charge in [0.1, 0.15) is 0 Å². The third-order valence-corrected chi connectivity index (χ3v) is 1.33. The number of methoxy groups -OCH3 is 1. The molecule has 0 fully saturated rings. The molecule has 0 heterocycles. The molecule has 2 heteroatoms. The van der Waals surface area contributed by atoms with E-state index in [2.05, 4.69) is 24.1 Å². The predicted octanol–water partition coefficient (Wildman–Crippen LogP) is 1.14. The molecule has 0 rings (SSSR count). The van der Waals surface area contributed by atoms with Crippen molar-refractivity contribution in [2.75, 3.05) is 33.9 Å². The third-order valence-electron chi connectivity index (χ3n) is 1.33. The van der Waals surface area contributed by atoms with Crippen LogP contribution in [0.5, 0.6) is 0 Å². The summed E-state index contributed by atoms with van der Waals surface area (Å²) in [6, 6.07) is 0. The van der Waals surface area contributed by atoms with Gasteiger partial charge in [-0.05, 0) is 14.0 Å². The van der Waals surface area contributed by atoms with Gasteiger partial charge in [-0.2, -0.15) is 0 Å². The molecule has 0 saturated carbocycles. The quantitative estimate of drug-likeness (QED) is 0.535. The number of rotatable bonds is 5. The van der Waals surface area contributed by atoms with Crippen LogP contribution < -0.4 is 0 Å². The van der Waals surface area contributed by atoms with Crippen LogP contribution in [0.3, 0.4) is 0 Å². The minimum atomic E-state index is 0.814. The van der Waals surface area contributed by atoms with E-state index in [9.17, 15) is 0 Å². The van der Waals surface area contributed by atoms with Gasteiger partial charge in [0.15, 0.2) is 0 Å². The Morgan fingerprint density at radius 3 is 2.70 bits per heavy atom. The lowest BCUT2D eigenvalue weighted by Crippen LogP contribution is -2.22. The van der Waals surface area contributed by atoms with E-state index in [4.69, 9.17) is 4.74 Å². The van der Waals surface area contributed by atoms with Crippen molar-refractivity contribution in [3.8, 4) is 0 Å². The van der Waals surface area contributed by atoms with Crippen LogP contribution in [-0.2, 0) is 4.74 Å². The Bertz CT molecular complexity index is 91.3. The standard InChI is InChI=1S/C8H17NO/c1-4-5-6-9(2)7-8-10-3/h4-5H,6-8H2,1-3H3/b5-4+. The molecule has 10 heavy (non-hydrogen) atoms. The highest BCUT2D eigenvalue weighted by atomic mass is 16.5. The first-order valence-corrected chi connectivity index (χ1v) is 3.60. The number of likely N-dealkylation sites (N-methyl/N-ethyl adjacent to an activating group) is 1.